The maximum atomic E-state index is 10.5. The van der Waals surface area contributed by atoms with E-state index in [0.717, 1.165) is 0 Å². The van der Waals surface area contributed by atoms with Crippen molar-refractivity contribution in [3.63, 3.8) is 0 Å². The van der Waals surface area contributed by atoms with Gasteiger partial charge in [0.15, 0.2) is 0 Å². The van der Waals surface area contributed by atoms with Crippen LogP contribution in [0.5, 0.6) is 0 Å². The minimum atomic E-state index is -3.15. The number of hydrogen-bond acceptors (Lipinski definition) is 3. The number of nitrogens with one attached hydrogen (secondary N) is 1. The van der Waals surface area contributed by atoms with Gasteiger partial charge in [0, 0.05) is 0 Å². The fourth-order valence-electron chi connectivity index (χ4n) is 0.244. The van der Waals surface area contributed by atoms with Crippen LogP contribution >= 0.6 is 0 Å². The lowest BCUT2D eigenvalue weighted by atomic mass is 10.8. The summed E-state index contributed by atoms with van der Waals surface area (Å²) in [7, 11) is -3.15. The van der Waals surface area contributed by atoms with Crippen LogP contribution in [0.25, 0.3) is 0 Å². The highest BCUT2D eigenvalue weighted by atomic mass is 32.2. The van der Waals surface area contributed by atoms with Crippen LogP contribution in [0.3, 0.4) is 0 Å². The van der Waals surface area contributed by atoms with Gasteiger partial charge in [-0.05, 0) is 6.92 Å². The zero-order chi connectivity index (χ0) is 7.33. The highest BCUT2D eigenvalue weighted by Crippen LogP contribution is 1.78. The van der Waals surface area contributed by atoms with Crippen molar-refractivity contribution in [3.8, 4) is 6.07 Å². The molecule has 0 heterocycles. The van der Waals surface area contributed by atoms with Gasteiger partial charge in [0.05, 0.1) is 18.4 Å². The second kappa shape index (κ2) is 3.43. The smallest absolute Gasteiger partial charge is 0.212 e. The van der Waals surface area contributed by atoms with E-state index >= 15 is 0 Å². The van der Waals surface area contributed by atoms with Gasteiger partial charge in [-0.2, -0.15) is 5.26 Å². The Kier molecular flexibility index (Phi) is 3.20. The second-order valence-electron chi connectivity index (χ2n) is 1.38. The van der Waals surface area contributed by atoms with Crippen LogP contribution in [-0.4, -0.2) is 20.7 Å². The predicted molar refractivity (Wildman–Crippen MR) is 33.1 cm³/mol. The number of sulfonamides is 1. The lowest BCUT2D eigenvalue weighted by molar-refractivity contribution is 0.587. The van der Waals surface area contributed by atoms with E-state index in [0.29, 0.717) is 0 Å². The van der Waals surface area contributed by atoms with Gasteiger partial charge < -0.3 is 0 Å². The maximum Gasteiger partial charge on any atom is 0.212 e. The lowest BCUT2D eigenvalue weighted by Crippen LogP contribution is -2.25. The lowest BCUT2D eigenvalue weighted by Gasteiger charge is -1.95. The van der Waals surface area contributed by atoms with Gasteiger partial charge in [0.25, 0.3) is 0 Å². The zero-order valence-corrected chi connectivity index (χ0v) is 5.90. The van der Waals surface area contributed by atoms with E-state index in [1.165, 1.54) is 6.92 Å². The molecule has 9 heavy (non-hydrogen) atoms. The Morgan fingerprint density at radius 3 is 2.56 bits per heavy atom. The molecule has 0 aliphatic heterocycles. The number of nitrogens with zero attached hydrogens (tertiary/aromatic N) is 1. The van der Waals surface area contributed by atoms with E-state index in [-0.39, 0.29) is 12.3 Å². The molecule has 0 bridgehead atoms. The van der Waals surface area contributed by atoms with Crippen molar-refractivity contribution in [1.82, 2.24) is 4.72 Å². The van der Waals surface area contributed by atoms with Crippen LogP contribution in [0.4, 0.5) is 0 Å². The molecule has 0 aromatic heterocycles. The summed E-state index contributed by atoms with van der Waals surface area (Å²) < 4.78 is 23.1. The van der Waals surface area contributed by atoms with Crippen molar-refractivity contribution in [1.29, 1.82) is 5.26 Å². The summed E-state index contributed by atoms with van der Waals surface area (Å²) in [4.78, 5) is 0. The largest absolute Gasteiger partial charge is 0.212 e. The van der Waals surface area contributed by atoms with Crippen molar-refractivity contribution in [2.75, 3.05) is 12.3 Å². The average molecular weight is 148 g/mol. The molecule has 4 nitrogen and oxygen atoms in total. The van der Waals surface area contributed by atoms with E-state index < -0.39 is 10.0 Å². The standard InChI is InChI=1S/C4H8N2O2S/c1-2-9(7,8)6-4-3-5/h6H,2,4H2,1H3. The van der Waals surface area contributed by atoms with E-state index in [1.807, 2.05) is 0 Å². The molecular formula is C4H8N2O2S. The zero-order valence-electron chi connectivity index (χ0n) is 5.09. The minimum Gasteiger partial charge on any atom is -0.212 e. The molecule has 0 unspecified atom stereocenters. The molecule has 0 aliphatic carbocycles. The highest BCUT2D eigenvalue weighted by Gasteiger charge is 2.02. The molecule has 0 radical (unpaired) electrons. The third-order valence-electron chi connectivity index (χ3n) is 0.751. The Hall–Kier alpha value is -0.600. The van der Waals surface area contributed by atoms with Gasteiger partial charge in [-0.3, -0.25) is 0 Å². The normalized spacial score (nSPS) is 10.7. The molecule has 0 saturated carbocycles. The van der Waals surface area contributed by atoms with Crippen molar-refractivity contribution in [2.24, 2.45) is 0 Å². The quantitative estimate of drug-likeness (QED) is 0.546. The Bertz CT molecular complexity index is 201. The molecule has 0 fully saturated rings. The topological polar surface area (TPSA) is 70.0 Å². The first-order valence-electron chi connectivity index (χ1n) is 2.46. The van der Waals surface area contributed by atoms with Crippen LogP contribution in [-0.2, 0) is 10.0 Å². The second-order valence-corrected chi connectivity index (χ2v) is 3.48. The number of rotatable bonds is 3. The Morgan fingerprint density at radius 2 is 2.22 bits per heavy atom. The van der Waals surface area contributed by atoms with Crippen LogP contribution in [0.15, 0.2) is 0 Å². The van der Waals surface area contributed by atoms with Crippen molar-refractivity contribution in [2.45, 2.75) is 6.92 Å². The van der Waals surface area contributed by atoms with Gasteiger partial charge in [0.2, 0.25) is 10.0 Å². The Balaban J connectivity index is 3.78. The van der Waals surface area contributed by atoms with E-state index in [2.05, 4.69) is 4.72 Å². The van der Waals surface area contributed by atoms with Crippen LogP contribution in [0, 0.1) is 11.3 Å². The molecule has 0 rings (SSSR count). The summed E-state index contributed by atoms with van der Waals surface area (Å²) >= 11 is 0. The molecule has 0 aliphatic rings. The number of nitriles is 1. The third kappa shape index (κ3) is 3.94. The van der Waals surface area contributed by atoms with E-state index in [1.54, 1.807) is 6.07 Å². The first-order chi connectivity index (χ1) is 4.12. The fourth-order valence-corrected chi connectivity index (χ4v) is 0.733. The number of hydrogen-bond donors (Lipinski definition) is 1. The Morgan fingerprint density at radius 1 is 1.67 bits per heavy atom. The summed E-state index contributed by atoms with van der Waals surface area (Å²) in [5.41, 5.74) is 0. The molecule has 0 aromatic rings. The molecular weight excluding hydrogens is 140 g/mol. The van der Waals surface area contributed by atoms with Gasteiger partial charge in [-0.25, -0.2) is 13.1 Å². The van der Waals surface area contributed by atoms with Crippen molar-refractivity contribution in [3.05, 3.63) is 0 Å². The maximum absolute atomic E-state index is 10.5. The SMILES string of the molecule is CCS(=O)(=O)NCC#N. The summed E-state index contributed by atoms with van der Waals surface area (Å²) in [6.07, 6.45) is 0. The van der Waals surface area contributed by atoms with Gasteiger partial charge in [-0.15, -0.1) is 0 Å². The molecule has 0 saturated heterocycles. The molecule has 0 atom stereocenters. The van der Waals surface area contributed by atoms with Gasteiger partial charge >= 0.3 is 0 Å². The predicted octanol–water partition coefficient (Wildman–Crippen LogP) is -0.551. The molecule has 1 N–H and O–H groups in total. The molecule has 52 valence electrons. The highest BCUT2D eigenvalue weighted by molar-refractivity contribution is 7.89. The fraction of sp³-hybridized carbons (Fsp3) is 0.750. The molecule has 0 aromatic carbocycles. The molecule has 5 heteroatoms. The average Bonchev–Trinajstić information content (AvgIpc) is 1.84. The van der Waals surface area contributed by atoms with Crippen molar-refractivity contribution >= 4 is 10.0 Å². The van der Waals surface area contributed by atoms with Crippen molar-refractivity contribution < 1.29 is 8.42 Å². The minimum absolute atomic E-state index is 0.0225. The first-order valence-corrected chi connectivity index (χ1v) is 4.12. The van der Waals surface area contributed by atoms with E-state index in [4.69, 9.17) is 5.26 Å². The molecule has 0 spiro atoms. The summed E-state index contributed by atoms with van der Waals surface area (Å²) in [5, 5.41) is 7.95. The summed E-state index contributed by atoms with van der Waals surface area (Å²) in [6, 6.07) is 1.67. The summed E-state index contributed by atoms with van der Waals surface area (Å²) in [6.45, 7) is 1.37. The van der Waals surface area contributed by atoms with Gasteiger partial charge in [0.1, 0.15) is 0 Å². The van der Waals surface area contributed by atoms with Crippen LogP contribution < -0.4 is 4.72 Å². The van der Waals surface area contributed by atoms with E-state index in [9.17, 15) is 8.42 Å². The first kappa shape index (κ1) is 8.40. The molecule has 0 amide bonds. The van der Waals surface area contributed by atoms with Crippen LogP contribution in [0.2, 0.25) is 0 Å². The van der Waals surface area contributed by atoms with Crippen LogP contribution in [0.1, 0.15) is 6.92 Å². The Labute approximate surface area is 54.5 Å². The third-order valence-corrected chi connectivity index (χ3v) is 2.10. The monoisotopic (exact) mass is 148 g/mol. The summed E-state index contributed by atoms with van der Waals surface area (Å²) in [5.74, 6) is 0.0225. The van der Waals surface area contributed by atoms with Gasteiger partial charge in [-0.1, -0.05) is 0 Å².